The Morgan fingerprint density at radius 2 is 1.61 bits per heavy atom. The molecule has 1 N–H and O–H groups in total. The molecule has 3 nitrogen and oxygen atoms in total. The number of hydrogen-bond donors (Lipinski definition) is 1. The van der Waals surface area contributed by atoms with Crippen LogP contribution in [0.15, 0.2) is 24.3 Å². The molecule has 1 saturated carbocycles. The lowest BCUT2D eigenvalue weighted by Crippen LogP contribution is -2.32. The van der Waals surface area contributed by atoms with Gasteiger partial charge in [0.2, 0.25) is 0 Å². The number of aromatic nitrogens is 1. The van der Waals surface area contributed by atoms with Gasteiger partial charge in [-0.05, 0) is 68.9 Å². The Labute approximate surface area is 176 Å². The minimum Gasteiger partial charge on any atom is -0.350 e. The molecule has 9 heteroatoms. The Morgan fingerprint density at radius 3 is 2.06 bits per heavy atom. The third-order valence-electron chi connectivity index (χ3n) is 5.62. The minimum atomic E-state index is -4.93. The normalized spacial score (nSPS) is 15.8. The van der Waals surface area contributed by atoms with Crippen LogP contribution in [0.25, 0.3) is 11.3 Å². The molecule has 0 saturated heterocycles. The fourth-order valence-electron chi connectivity index (χ4n) is 3.41. The number of amides is 1. The van der Waals surface area contributed by atoms with Crippen molar-refractivity contribution in [2.45, 2.75) is 65.0 Å². The molecule has 0 spiro atoms. The van der Waals surface area contributed by atoms with Gasteiger partial charge in [0.1, 0.15) is 0 Å². The number of nitrogens with zero attached hydrogens (tertiary/aromatic N) is 1. The van der Waals surface area contributed by atoms with E-state index >= 15 is 0 Å². The van der Waals surface area contributed by atoms with Gasteiger partial charge in [0.05, 0.1) is 16.7 Å². The summed E-state index contributed by atoms with van der Waals surface area (Å²) in [6.07, 6.45) is -7.32. The summed E-state index contributed by atoms with van der Waals surface area (Å²) in [6, 6.07) is 2.81. The first kappa shape index (κ1) is 23.2. The van der Waals surface area contributed by atoms with Crippen LogP contribution >= 0.6 is 0 Å². The summed E-state index contributed by atoms with van der Waals surface area (Å²) in [5.41, 5.74) is -2.01. The minimum absolute atomic E-state index is 0.112. The zero-order valence-electron chi connectivity index (χ0n) is 17.4. The summed E-state index contributed by atoms with van der Waals surface area (Å²) < 4.78 is 81.6. The molecule has 3 rings (SSSR count). The molecular formula is C22H24F6N2O. The second-order valence-corrected chi connectivity index (χ2v) is 8.16. The highest BCUT2D eigenvalue weighted by atomic mass is 19.4. The lowest BCUT2D eigenvalue weighted by Gasteiger charge is -2.16. The van der Waals surface area contributed by atoms with Crippen molar-refractivity contribution in [1.29, 1.82) is 0 Å². The number of nitrogens with one attached hydrogen (secondary N) is 1. The molecule has 1 amide bonds. The first-order valence-corrected chi connectivity index (χ1v) is 10.1. The van der Waals surface area contributed by atoms with Crippen molar-refractivity contribution in [1.82, 2.24) is 9.88 Å². The standard InChI is InChI=1S/C22H24F6N2O/c1-4-12(2)29-20(31)18-10-19(30(13(18)3)11-14-5-6-14)15-7-16(21(23,24)25)9-17(8-15)22(26,27)28/h7-10,12,14H,4-6,11H2,1-3H3,(H,29,31)/t12-/m0/s1. The van der Waals surface area contributed by atoms with E-state index < -0.39 is 29.4 Å². The molecule has 1 heterocycles. The Kier molecular flexibility index (Phi) is 6.17. The van der Waals surface area contributed by atoms with Gasteiger partial charge in [0, 0.05) is 24.0 Å². The maximum atomic E-state index is 13.3. The van der Waals surface area contributed by atoms with Gasteiger partial charge in [-0.2, -0.15) is 26.3 Å². The molecule has 1 fully saturated rings. The number of rotatable bonds is 6. The van der Waals surface area contributed by atoms with E-state index in [9.17, 15) is 31.1 Å². The van der Waals surface area contributed by atoms with E-state index in [2.05, 4.69) is 5.32 Å². The molecule has 1 aromatic heterocycles. The van der Waals surface area contributed by atoms with Crippen LogP contribution < -0.4 is 5.32 Å². The van der Waals surface area contributed by atoms with E-state index in [1.54, 1.807) is 11.5 Å². The molecule has 0 bridgehead atoms. The molecule has 2 aromatic rings. The van der Waals surface area contributed by atoms with Crippen LogP contribution in [0, 0.1) is 12.8 Å². The van der Waals surface area contributed by atoms with Gasteiger partial charge < -0.3 is 9.88 Å². The molecule has 170 valence electrons. The van der Waals surface area contributed by atoms with Gasteiger partial charge in [-0.3, -0.25) is 4.79 Å². The molecule has 1 aromatic carbocycles. The van der Waals surface area contributed by atoms with Crippen molar-refractivity contribution in [2.24, 2.45) is 5.92 Å². The Hall–Kier alpha value is -2.45. The number of carbonyl (C=O) groups is 1. The second-order valence-electron chi connectivity index (χ2n) is 8.16. The number of hydrogen-bond acceptors (Lipinski definition) is 1. The van der Waals surface area contributed by atoms with E-state index in [1.807, 2.05) is 13.8 Å². The summed E-state index contributed by atoms with van der Waals surface area (Å²) in [5, 5.41) is 2.81. The average Bonchev–Trinajstić information content (AvgIpc) is 3.43. The number of benzene rings is 1. The highest BCUT2D eigenvalue weighted by Gasteiger charge is 2.37. The predicted octanol–water partition coefficient (Wildman–Crippen LogP) is 6.44. The van der Waals surface area contributed by atoms with E-state index in [1.165, 1.54) is 6.07 Å². The Bertz CT molecular complexity index is 937. The largest absolute Gasteiger partial charge is 0.416 e. The van der Waals surface area contributed by atoms with Crippen LogP contribution in [-0.2, 0) is 18.9 Å². The van der Waals surface area contributed by atoms with Crippen molar-refractivity contribution in [3.8, 4) is 11.3 Å². The summed E-state index contributed by atoms with van der Waals surface area (Å²) in [6.45, 7) is 5.81. The fourth-order valence-corrected chi connectivity index (χ4v) is 3.41. The number of alkyl halides is 6. The van der Waals surface area contributed by atoms with Crippen LogP contribution in [0.5, 0.6) is 0 Å². The molecule has 0 radical (unpaired) electrons. The maximum Gasteiger partial charge on any atom is 0.416 e. The van der Waals surface area contributed by atoms with Crippen molar-refractivity contribution in [2.75, 3.05) is 0 Å². The summed E-state index contributed by atoms with van der Waals surface area (Å²) in [4.78, 5) is 12.7. The summed E-state index contributed by atoms with van der Waals surface area (Å²) in [5.74, 6) is -0.103. The van der Waals surface area contributed by atoms with Crippen LogP contribution in [-0.4, -0.2) is 16.5 Å². The van der Waals surface area contributed by atoms with Gasteiger partial charge >= 0.3 is 12.4 Å². The Balaban J connectivity index is 2.16. The maximum absolute atomic E-state index is 13.3. The third kappa shape index (κ3) is 5.25. The van der Waals surface area contributed by atoms with Gasteiger partial charge in [-0.1, -0.05) is 6.92 Å². The second kappa shape index (κ2) is 8.24. The van der Waals surface area contributed by atoms with Crippen molar-refractivity contribution < 1.29 is 31.1 Å². The lowest BCUT2D eigenvalue weighted by molar-refractivity contribution is -0.143. The zero-order chi connectivity index (χ0) is 23.1. The molecule has 1 aliphatic carbocycles. The predicted molar refractivity (Wildman–Crippen MR) is 105 cm³/mol. The first-order valence-electron chi connectivity index (χ1n) is 10.1. The highest BCUT2D eigenvalue weighted by Crippen LogP contribution is 2.40. The number of halogens is 6. The van der Waals surface area contributed by atoms with E-state index in [0.29, 0.717) is 36.7 Å². The molecule has 1 aliphatic rings. The SMILES string of the molecule is CC[C@H](C)NC(=O)c1cc(-c2cc(C(F)(F)F)cc(C(F)(F)F)c2)n(CC2CC2)c1C. The van der Waals surface area contributed by atoms with E-state index in [4.69, 9.17) is 0 Å². The van der Waals surface area contributed by atoms with Gasteiger partial charge in [0.15, 0.2) is 0 Å². The van der Waals surface area contributed by atoms with E-state index in [0.717, 1.165) is 12.8 Å². The zero-order valence-corrected chi connectivity index (χ0v) is 17.4. The van der Waals surface area contributed by atoms with Crippen LogP contribution in [0.3, 0.4) is 0 Å². The lowest BCUT2D eigenvalue weighted by atomic mass is 10.0. The topological polar surface area (TPSA) is 34.0 Å². The van der Waals surface area contributed by atoms with E-state index in [-0.39, 0.29) is 28.9 Å². The van der Waals surface area contributed by atoms with Crippen LogP contribution in [0.4, 0.5) is 26.3 Å². The van der Waals surface area contributed by atoms with Gasteiger partial charge in [-0.15, -0.1) is 0 Å². The Morgan fingerprint density at radius 1 is 1.06 bits per heavy atom. The number of carbonyl (C=O) groups excluding carboxylic acids is 1. The van der Waals surface area contributed by atoms with Crippen molar-refractivity contribution in [3.63, 3.8) is 0 Å². The molecule has 0 aliphatic heterocycles. The molecule has 0 unspecified atom stereocenters. The molecule has 1 atom stereocenters. The average molecular weight is 446 g/mol. The van der Waals surface area contributed by atoms with Gasteiger partial charge in [-0.25, -0.2) is 0 Å². The first-order chi connectivity index (χ1) is 14.3. The van der Waals surface area contributed by atoms with Gasteiger partial charge in [0.25, 0.3) is 5.91 Å². The molecular weight excluding hydrogens is 422 g/mol. The van der Waals surface area contributed by atoms with Crippen LogP contribution in [0.1, 0.15) is 60.3 Å². The molecule has 31 heavy (non-hydrogen) atoms. The van der Waals surface area contributed by atoms with Crippen LogP contribution in [0.2, 0.25) is 0 Å². The van der Waals surface area contributed by atoms with Crippen molar-refractivity contribution in [3.05, 3.63) is 46.6 Å². The monoisotopic (exact) mass is 446 g/mol. The smallest absolute Gasteiger partial charge is 0.350 e. The van der Waals surface area contributed by atoms with Crippen molar-refractivity contribution >= 4 is 5.91 Å². The fraction of sp³-hybridized carbons (Fsp3) is 0.500. The third-order valence-corrected chi connectivity index (χ3v) is 5.62. The quantitative estimate of drug-likeness (QED) is 0.509. The highest BCUT2D eigenvalue weighted by molar-refractivity contribution is 5.97. The summed E-state index contributed by atoms with van der Waals surface area (Å²) >= 11 is 0. The summed E-state index contributed by atoms with van der Waals surface area (Å²) in [7, 11) is 0.